The number of nitrogens with one attached hydrogen (secondary N) is 1. The fraction of sp³-hybridized carbons (Fsp3) is 0.222. The molecule has 0 saturated carbocycles. The lowest BCUT2D eigenvalue weighted by Gasteiger charge is -2.07. The minimum atomic E-state index is -0.420. The standard InChI is InChI=1S/C18H19NO4/c1-22-16-9-3-13(4-10-16)11-12-19-17(20)14-5-7-15(8-6-14)18(21)23-2/h3-10H,11-12H2,1-2H3,(H,19,20). The van der Waals surface area contributed by atoms with E-state index in [0.29, 0.717) is 17.7 Å². The number of amides is 1. The van der Waals surface area contributed by atoms with Crippen LogP contribution in [0.15, 0.2) is 48.5 Å². The Hall–Kier alpha value is -2.82. The lowest BCUT2D eigenvalue weighted by Crippen LogP contribution is -2.25. The van der Waals surface area contributed by atoms with Gasteiger partial charge in [0.2, 0.25) is 0 Å². The number of ether oxygens (including phenoxy) is 2. The van der Waals surface area contributed by atoms with E-state index in [4.69, 9.17) is 4.74 Å². The quantitative estimate of drug-likeness (QED) is 0.832. The lowest BCUT2D eigenvalue weighted by molar-refractivity contribution is 0.0600. The molecule has 2 aromatic rings. The van der Waals surface area contributed by atoms with Gasteiger partial charge in [0.05, 0.1) is 19.8 Å². The number of rotatable bonds is 6. The SMILES string of the molecule is COC(=O)c1ccc(C(=O)NCCc2ccc(OC)cc2)cc1. The average molecular weight is 313 g/mol. The molecule has 5 nitrogen and oxygen atoms in total. The third-order valence-electron chi connectivity index (χ3n) is 3.43. The summed E-state index contributed by atoms with van der Waals surface area (Å²) in [5, 5.41) is 2.85. The van der Waals surface area contributed by atoms with Crippen molar-refractivity contribution in [3.05, 3.63) is 65.2 Å². The number of hydrogen-bond acceptors (Lipinski definition) is 4. The third kappa shape index (κ3) is 4.57. The Morgan fingerprint density at radius 3 is 2.09 bits per heavy atom. The molecule has 0 aliphatic rings. The molecule has 0 aliphatic heterocycles. The zero-order valence-corrected chi connectivity index (χ0v) is 13.2. The van der Waals surface area contributed by atoms with E-state index >= 15 is 0 Å². The highest BCUT2D eigenvalue weighted by Gasteiger charge is 2.08. The molecule has 5 heteroatoms. The van der Waals surface area contributed by atoms with E-state index in [2.05, 4.69) is 10.1 Å². The second-order valence-corrected chi connectivity index (χ2v) is 4.92. The summed E-state index contributed by atoms with van der Waals surface area (Å²) >= 11 is 0. The summed E-state index contributed by atoms with van der Waals surface area (Å²) in [6.07, 6.45) is 0.732. The van der Waals surface area contributed by atoms with Gasteiger partial charge in [-0.3, -0.25) is 4.79 Å². The molecule has 0 radical (unpaired) electrons. The summed E-state index contributed by atoms with van der Waals surface area (Å²) in [7, 11) is 2.95. The Balaban J connectivity index is 1.85. The van der Waals surface area contributed by atoms with Gasteiger partial charge in [0.15, 0.2) is 0 Å². The number of esters is 1. The first-order valence-corrected chi connectivity index (χ1v) is 7.23. The Morgan fingerprint density at radius 2 is 1.52 bits per heavy atom. The van der Waals surface area contributed by atoms with Crippen LogP contribution >= 0.6 is 0 Å². The number of hydrogen-bond donors (Lipinski definition) is 1. The molecule has 2 rings (SSSR count). The highest BCUT2D eigenvalue weighted by Crippen LogP contribution is 2.11. The first kappa shape index (κ1) is 16.5. The van der Waals surface area contributed by atoms with Crippen LogP contribution in [-0.2, 0) is 11.2 Å². The second kappa shape index (κ2) is 7.98. The van der Waals surface area contributed by atoms with Crippen LogP contribution in [0, 0.1) is 0 Å². The predicted octanol–water partition coefficient (Wildman–Crippen LogP) is 2.45. The van der Waals surface area contributed by atoms with Gasteiger partial charge in [0, 0.05) is 12.1 Å². The minimum Gasteiger partial charge on any atom is -0.497 e. The van der Waals surface area contributed by atoms with Crippen molar-refractivity contribution in [3.8, 4) is 5.75 Å². The third-order valence-corrected chi connectivity index (χ3v) is 3.43. The molecule has 0 heterocycles. The molecule has 0 aliphatic carbocycles. The summed E-state index contributed by atoms with van der Waals surface area (Å²) in [6, 6.07) is 14.1. The Bertz CT molecular complexity index is 662. The zero-order valence-electron chi connectivity index (χ0n) is 13.2. The summed E-state index contributed by atoms with van der Waals surface area (Å²) in [6.45, 7) is 0.532. The fourth-order valence-electron chi connectivity index (χ4n) is 2.09. The van der Waals surface area contributed by atoms with E-state index in [-0.39, 0.29) is 5.91 Å². The van der Waals surface area contributed by atoms with E-state index in [9.17, 15) is 9.59 Å². The monoisotopic (exact) mass is 313 g/mol. The largest absolute Gasteiger partial charge is 0.497 e. The van der Waals surface area contributed by atoms with Crippen molar-refractivity contribution in [2.75, 3.05) is 20.8 Å². The van der Waals surface area contributed by atoms with Gasteiger partial charge in [-0.25, -0.2) is 4.79 Å². The molecule has 0 fully saturated rings. The van der Waals surface area contributed by atoms with Crippen LogP contribution < -0.4 is 10.1 Å². The first-order valence-electron chi connectivity index (χ1n) is 7.23. The Morgan fingerprint density at radius 1 is 0.913 bits per heavy atom. The first-order chi connectivity index (χ1) is 11.1. The van der Waals surface area contributed by atoms with Crippen molar-refractivity contribution < 1.29 is 19.1 Å². The minimum absolute atomic E-state index is 0.171. The molecule has 120 valence electrons. The van der Waals surface area contributed by atoms with Crippen LogP contribution in [0.3, 0.4) is 0 Å². The molecule has 0 aromatic heterocycles. The van der Waals surface area contributed by atoms with Gasteiger partial charge >= 0.3 is 5.97 Å². The highest BCUT2D eigenvalue weighted by atomic mass is 16.5. The number of carbonyl (C=O) groups excluding carboxylic acids is 2. The topological polar surface area (TPSA) is 64.6 Å². The molecule has 1 amide bonds. The maximum Gasteiger partial charge on any atom is 0.337 e. The highest BCUT2D eigenvalue weighted by molar-refractivity contribution is 5.96. The van der Waals surface area contributed by atoms with Crippen LogP contribution in [-0.4, -0.2) is 32.6 Å². The van der Waals surface area contributed by atoms with Crippen molar-refractivity contribution >= 4 is 11.9 Å². The van der Waals surface area contributed by atoms with Gasteiger partial charge in [-0.2, -0.15) is 0 Å². The van der Waals surface area contributed by atoms with Crippen LogP contribution in [0.5, 0.6) is 5.75 Å². The van der Waals surface area contributed by atoms with Crippen LogP contribution in [0.25, 0.3) is 0 Å². The molecule has 0 bridgehead atoms. The van der Waals surface area contributed by atoms with E-state index < -0.39 is 5.97 Å². The Labute approximate surface area is 135 Å². The van der Waals surface area contributed by atoms with Gasteiger partial charge in [0.25, 0.3) is 5.91 Å². The maximum absolute atomic E-state index is 12.0. The van der Waals surface area contributed by atoms with Crippen molar-refractivity contribution in [1.82, 2.24) is 5.32 Å². The molecule has 2 aromatic carbocycles. The molecular formula is C18H19NO4. The summed E-state index contributed by atoms with van der Waals surface area (Å²) in [5.74, 6) is 0.217. The normalized spacial score (nSPS) is 10.0. The van der Waals surface area contributed by atoms with Gasteiger partial charge in [-0.05, 0) is 48.4 Å². The van der Waals surface area contributed by atoms with Crippen LogP contribution in [0.2, 0.25) is 0 Å². The van der Waals surface area contributed by atoms with Gasteiger partial charge in [0.1, 0.15) is 5.75 Å². The van der Waals surface area contributed by atoms with Gasteiger partial charge in [-0.15, -0.1) is 0 Å². The maximum atomic E-state index is 12.0. The van der Waals surface area contributed by atoms with E-state index in [1.165, 1.54) is 7.11 Å². The molecule has 0 unspecified atom stereocenters. The molecule has 0 spiro atoms. The van der Waals surface area contributed by atoms with E-state index in [0.717, 1.165) is 17.7 Å². The van der Waals surface area contributed by atoms with Gasteiger partial charge in [-0.1, -0.05) is 12.1 Å². The van der Waals surface area contributed by atoms with E-state index in [1.54, 1.807) is 31.4 Å². The molecule has 23 heavy (non-hydrogen) atoms. The van der Waals surface area contributed by atoms with Crippen molar-refractivity contribution in [3.63, 3.8) is 0 Å². The van der Waals surface area contributed by atoms with Gasteiger partial charge < -0.3 is 14.8 Å². The smallest absolute Gasteiger partial charge is 0.337 e. The van der Waals surface area contributed by atoms with Crippen molar-refractivity contribution in [2.24, 2.45) is 0 Å². The molecular weight excluding hydrogens is 294 g/mol. The summed E-state index contributed by atoms with van der Waals surface area (Å²) in [5.41, 5.74) is 2.04. The zero-order chi connectivity index (χ0) is 16.7. The summed E-state index contributed by atoms with van der Waals surface area (Å²) < 4.78 is 9.72. The Kier molecular flexibility index (Phi) is 5.74. The average Bonchev–Trinajstić information content (AvgIpc) is 2.61. The second-order valence-electron chi connectivity index (χ2n) is 4.92. The number of carbonyl (C=O) groups is 2. The van der Waals surface area contributed by atoms with E-state index in [1.807, 2.05) is 24.3 Å². The number of benzene rings is 2. The molecule has 0 saturated heterocycles. The summed E-state index contributed by atoms with van der Waals surface area (Å²) in [4.78, 5) is 23.4. The van der Waals surface area contributed by atoms with Crippen LogP contribution in [0.4, 0.5) is 0 Å². The fourth-order valence-corrected chi connectivity index (χ4v) is 2.09. The lowest BCUT2D eigenvalue weighted by atomic mass is 10.1. The van der Waals surface area contributed by atoms with Crippen LogP contribution in [0.1, 0.15) is 26.3 Å². The number of methoxy groups -OCH3 is 2. The molecule has 1 N–H and O–H groups in total. The van der Waals surface area contributed by atoms with Crippen molar-refractivity contribution in [1.29, 1.82) is 0 Å². The van der Waals surface area contributed by atoms with Crippen molar-refractivity contribution in [2.45, 2.75) is 6.42 Å². The predicted molar refractivity (Wildman–Crippen MR) is 86.8 cm³/mol. The molecule has 0 atom stereocenters.